The second-order valence-corrected chi connectivity index (χ2v) is 6.94. The summed E-state index contributed by atoms with van der Waals surface area (Å²) in [6.07, 6.45) is 0. The van der Waals surface area contributed by atoms with Crippen LogP contribution in [0.3, 0.4) is 0 Å². The van der Waals surface area contributed by atoms with Gasteiger partial charge in [-0.1, -0.05) is 47.5 Å². The molecule has 0 radical (unpaired) electrons. The fourth-order valence-corrected chi connectivity index (χ4v) is 3.80. The Bertz CT molecular complexity index is 580. The Morgan fingerprint density at radius 2 is 1.40 bits per heavy atom. The van der Waals surface area contributed by atoms with Crippen molar-refractivity contribution in [1.82, 2.24) is 0 Å². The van der Waals surface area contributed by atoms with Crippen molar-refractivity contribution in [3.8, 4) is 0 Å². The minimum Gasteiger partial charge on any atom is -0.394 e. The van der Waals surface area contributed by atoms with Crippen LogP contribution >= 0.6 is 20.0 Å². The largest absolute Gasteiger partial charge is 1.00 e. The van der Waals surface area contributed by atoms with E-state index in [1.54, 1.807) is 11.8 Å². The number of thioether (sulfide) groups is 1. The van der Waals surface area contributed by atoms with Gasteiger partial charge >= 0.3 is 18.9 Å². The van der Waals surface area contributed by atoms with Gasteiger partial charge in [-0.15, -0.1) is 0 Å². The first-order chi connectivity index (χ1) is 9.06. The van der Waals surface area contributed by atoms with Crippen molar-refractivity contribution >= 4 is 30.4 Å². The van der Waals surface area contributed by atoms with Crippen molar-refractivity contribution in [1.29, 1.82) is 0 Å². The van der Waals surface area contributed by atoms with Gasteiger partial charge < -0.3 is 16.9 Å². The predicted molar refractivity (Wildman–Crippen MR) is 89.3 cm³/mol. The Morgan fingerprint density at radius 3 is 1.95 bits per heavy atom. The van der Waals surface area contributed by atoms with E-state index in [-0.39, 0.29) is 18.9 Å². The molecule has 3 heteroatoms. The van der Waals surface area contributed by atoms with E-state index in [2.05, 4.69) is 69.2 Å². The summed E-state index contributed by atoms with van der Waals surface area (Å²) in [5.41, 5.74) is 5.35. The second kappa shape index (κ2) is 8.11. The van der Waals surface area contributed by atoms with Crippen molar-refractivity contribution in [3.63, 3.8) is 0 Å². The molecule has 2 rings (SSSR count). The molecular formula is C17H18LiPS. The van der Waals surface area contributed by atoms with Crippen LogP contribution in [0, 0.1) is 27.7 Å². The molecule has 0 N–H and O–H groups in total. The predicted octanol–water partition coefficient (Wildman–Crippen LogP) is 1.92. The van der Waals surface area contributed by atoms with Crippen molar-refractivity contribution in [2.45, 2.75) is 32.6 Å². The fraction of sp³-hybridized carbons (Fsp3) is 0.235. The van der Waals surface area contributed by atoms with Gasteiger partial charge in [-0.25, -0.2) is 0 Å². The van der Waals surface area contributed by atoms with Crippen molar-refractivity contribution in [2.24, 2.45) is 0 Å². The third kappa shape index (κ3) is 4.83. The smallest absolute Gasteiger partial charge is 0.394 e. The molecular weight excluding hydrogens is 274 g/mol. The zero-order valence-corrected chi connectivity index (χ0v) is 14.5. The van der Waals surface area contributed by atoms with Gasteiger partial charge in [0.15, 0.2) is 0 Å². The standard InChI is InChI=1S/C17H18PS.Li/c1-12-5-7-16(8-6-12)19-11-18-17-14(3)9-13(2)10-15(17)4;/h5-10H,1-4H3;/q-1;+1. The Labute approximate surface area is 140 Å². The molecule has 0 aliphatic rings. The van der Waals surface area contributed by atoms with Crippen LogP contribution in [0.5, 0.6) is 0 Å². The van der Waals surface area contributed by atoms with E-state index < -0.39 is 0 Å². The number of aryl methyl sites for hydroxylation is 4. The fourth-order valence-electron chi connectivity index (χ4n) is 2.08. The summed E-state index contributed by atoms with van der Waals surface area (Å²) < 4.78 is 0. The molecule has 0 fully saturated rings. The number of hydrogen-bond donors (Lipinski definition) is 0. The van der Waals surface area contributed by atoms with E-state index in [1.165, 1.54) is 32.5 Å². The molecule has 0 aliphatic heterocycles. The Hall–Kier alpha value is -0.443. The number of hydrogen-bond acceptors (Lipinski definition) is 1. The summed E-state index contributed by atoms with van der Waals surface area (Å²) in [6.45, 7) is 8.62. The summed E-state index contributed by atoms with van der Waals surface area (Å²) in [5, 5.41) is 4.81. The average Bonchev–Trinajstić information content (AvgIpc) is 2.34. The van der Waals surface area contributed by atoms with Gasteiger partial charge in [-0.05, 0) is 49.0 Å². The maximum atomic E-state index is 3.43. The van der Waals surface area contributed by atoms with Gasteiger partial charge in [0.2, 0.25) is 0 Å². The van der Waals surface area contributed by atoms with Crippen LogP contribution in [0.25, 0.3) is 0 Å². The molecule has 0 heterocycles. The average molecular weight is 292 g/mol. The topological polar surface area (TPSA) is 0 Å². The zero-order valence-electron chi connectivity index (χ0n) is 12.8. The SMILES string of the molecule is Cc1ccc(S[C-]=Pc2c(C)cc(C)cc2C)cc1.[Li+]. The number of benzene rings is 2. The molecule has 2 aromatic rings. The van der Waals surface area contributed by atoms with Gasteiger partial charge in [0.1, 0.15) is 0 Å². The van der Waals surface area contributed by atoms with Gasteiger partial charge in [0, 0.05) is 0 Å². The van der Waals surface area contributed by atoms with Crippen molar-refractivity contribution in [3.05, 3.63) is 58.7 Å². The maximum Gasteiger partial charge on any atom is 1.00 e. The van der Waals surface area contributed by atoms with Gasteiger partial charge in [-0.2, -0.15) is 0 Å². The van der Waals surface area contributed by atoms with E-state index in [9.17, 15) is 0 Å². The molecule has 0 aliphatic carbocycles. The molecule has 0 unspecified atom stereocenters. The number of rotatable bonds is 3. The molecule has 0 nitrogen and oxygen atoms in total. The van der Waals surface area contributed by atoms with Crippen molar-refractivity contribution in [2.75, 3.05) is 0 Å². The van der Waals surface area contributed by atoms with Crippen LogP contribution in [0.2, 0.25) is 0 Å². The van der Waals surface area contributed by atoms with Gasteiger partial charge in [0.05, 0.1) is 0 Å². The van der Waals surface area contributed by atoms with Crippen LogP contribution in [0.15, 0.2) is 41.3 Å². The first-order valence-corrected chi connectivity index (χ1v) is 8.04. The summed E-state index contributed by atoms with van der Waals surface area (Å²) in [7, 11) is 1.16. The van der Waals surface area contributed by atoms with E-state index in [0.717, 1.165) is 8.20 Å². The van der Waals surface area contributed by atoms with E-state index >= 15 is 0 Å². The maximum absolute atomic E-state index is 3.43. The van der Waals surface area contributed by atoms with Crippen LogP contribution in [-0.2, 0) is 0 Å². The van der Waals surface area contributed by atoms with Crippen molar-refractivity contribution < 1.29 is 18.9 Å². The van der Waals surface area contributed by atoms with E-state index in [0.29, 0.717) is 0 Å². The molecule has 20 heavy (non-hydrogen) atoms. The summed E-state index contributed by atoms with van der Waals surface area (Å²) >= 11 is 1.68. The summed E-state index contributed by atoms with van der Waals surface area (Å²) in [6, 6.07) is 13.1. The van der Waals surface area contributed by atoms with Crippen LogP contribution in [0.1, 0.15) is 22.3 Å². The first kappa shape index (κ1) is 17.6. The zero-order chi connectivity index (χ0) is 13.8. The Balaban J connectivity index is 0.00000200. The normalized spacial score (nSPS) is 10.6. The molecule has 0 saturated heterocycles. The van der Waals surface area contributed by atoms with Gasteiger partial charge in [0.25, 0.3) is 0 Å². The third-order valence-electron chi connectivity index (χ3n) is 2.98. The van der Waals surface area contributed by atoms with Crippen LogP contribution in [-0.4, -0.2) is 5.13 Å². The van der Waals surface area contributed by atoms with Crippen LogP contribution < -0.4 is 24.2 Å². The minimum atomic E-state index is 0. The van der Waals surface area contributed by atoms with E-state index in [4.69, 9.17) is 0 Å². The van der Waals surface area contributed by atoms with E-state index in [1.807, 2.05) is 0 Å². The monoisotopic (exact) mass is 292 g/mol. The summed E-state index contributed by atoms with van der Waals surface area (Å²) in [5.74, 6) is 0. The molecule has 0 spiro atoms. The third-order valence-corrected chi connectivity index (χ3v) is 5.14. The quantitative estimate of drug-likeness (QED) is 0.360. The molecule has 2 aromatic carbocycles. The summed E-state index contributed by atoms with van der Waals surface area (Å²) in [4.78, 5) is 1.25. The first-order valence-electron chi connectivity index (χ1n) is 6.33. The van der Waals surface area contributed by atoms with Crippen LogP contribution in [0.4, 0.5) is 0 Å². The van der Waals surface area contributed by atoms with Gasteiger partial charge in [-0.3, -0.25) is 8.20 Å². The molecule has 0 atom stereocenters. The Kier molecular flexibility index (Phi) is 7.14. The second-order valence-electron chi connectivity index (χ2n) is 4.87. The molecule has 0 amide bonds. The molecule has 98 valence electrons. The molecule has 0 aromatic heterocycles. The Morgan fingerprint density at radius 1 is 0.850 bits per heavy atom. The molecule has 0 saturated carbocycles. The minimum absolute atomic E-state index is 0. The molecule has 0 bridgehead atoms.